The summed E-state index contributed by atoms with van der Waals surface area (Å²) >= 11 is 0. The minimum Gasteiger partial charge on any atom is -0.329 e. The Kier molecular flexibility index (Phi) is 2.46. The van der Waals surface area contributed by atoms with Crippen LogP contribution in [0.25, 0.3) is 10.8 Å². The van der Waals surface area contributed by atoms with Gasteiger partial charge in [0.05, 0.1) is 0 Å². The number of benzene rings is 2. The van der Waals surface area contributed by atoms with Crippen molar-refractivity contribution in [3.05, 3.63) is 47.0 Å². The maximum Gasteiger partial charge on any atom is 0.254 e. The molecule has 0 atom stereocenters. The molecule has 1 aliphatic heterocycles. The van der Waals surface area contributed by atoms with E-state index in [1.165, 1.54) is 10.9 Å². The molecule has 1 amide bonds. The van der Waals surface area contributed by atoms with Gasteiger partial charge in [-0.1, -0.05) is 23.8 Å². The summed E-state index contributed by atoms with van der Waals surface area (Å²) < 4.78 is 0. The van der Waals surface area contributed by atoms with Crippen molar-refractivity contribution < 1.29 is 4.79 Å². The third kappa shape index (κ3) is 1.92. The monoisotopic (exact) mass is 253 g/mol. The lowest BCUT2D eigenvalue weighted by molar-refractivity contribution is 0.0609. The first-order valence-electron chi connectivity index (χ1n) is 6.71. The normalized spacial score (nSPS) is 15.2. The van der Waals surface area contributed by atoms with E-state index >= 15 is 0 Å². The van der Waals surface area contributed by atoms with E-state index in [2.05, 4.69) is 52.0 Å². The fraction of sp³-hybridized carbons (Fsp3) is 0.353. The summed E-state index contributed by atoms with van der Waals surface area (Å²) in [6.07, 6.45) is 0. The summed E-state index contributed by atoms with van der Waals surface area (Å²) in [6.45, 7) is 9.07. The molecule has 2 heteroatoms. The molecule has 19 heavy (non-hydrogen) atoms. The van der Waals surface area contributed by atoms with Crippen LogP contribution in [0.1, 0.15) is 42.3 Å². The second-order valence-electron chi connectivity index (χ2n) is 6.42. The summed E-state index contributed by atoms with van der Waals surface area (Å²) in [6, 6.07) is 10.6. The van der Waals surface area contributed by atoms with Crippen LogP contribution in [0.5, 0.6) is 0 Å². The molecule has 0 aromatic heterocycles. The molecular formula is C17H19NO. The Bertz CT molecular complexity index is 679. The van der Waals surface area contributed by atoms with Crippen LogP contribution >= 0.6 is 0 Å². The van der Waals surface area contributed by atoms with E-state index in [0.717, 1.165) is 23.1 Å². The summed E-state index contributed by atoms with van der Waals surface area (Å²) in [5.74, 6) is 0.157. The molecule has 0 spiro atoms. The predicted octanol–water partition coefficient (Wildman–Crippen LogP) is 3.90. The largest absolute Gasteiger partial charge is 0.329 e. The molecule has 0 fully saturated rings. The number of hydrogen-bond donors (Lipinski definition) is 0. The van der Waals surface area contributed by atoms with Crippen LogP contribution in [0.4, 0.5) is 0 Å². The molecule has 3 rings (SSSR count). The van der Waals surface area contributed by atoms with Crippen LogP contribution < -0.4 is 0 Å². The first-order valence-corrected chi connectivity index (χ1v) is 6.71. The van der Waals surface area contributed by atoms with Gasteiger partial charge in [-0.3, -0.25) is 4.79 Å². The molecule has 0 radical (unpaired) electrons. The first kappa shape index (κ1) is 12.2. The van der Waals surface area contributed by atoms with E-state index in [4.69, 9.17) is 0 Å². The summed E-state index contributed by atoms with van der Waals surface area (Å²) in [5, 5.41) is 2.37. The van der Waals surface area contributed by atoms with Crippen molar-refractivity contribution in [2.24, 2.45) is 0 Å². The molecule has 0 saturated carbocycles. The molecule has 2 aromatic carbocycles. The van der Waals surface area contributed by atoms with Gasteiger partial charge in [-0.15, -0.1) is 0 Å². The van der Waals surface area contributed by atoms with Crippen molar-refractivity contribution in [2.75, 3.05) is 0 Å². The van der Waals surface area contributed by atoms with Gasteiger partial charge in [-0.25, -0.2) is 0 Å². The van der Waals surface area contributed by atoms with E-state index in [-0.39, 0.29) is 11.4 Å². The second-order valence-corrected chi connectivity index (χ2v) is 6.42. The van der Waals surface area contributed by atoms with Gasteiger partial charge in [-0.2, -0.15) is 0 Å². The zero-order valence-corrected chi connectivity index (χ0v) is 11.9. The number of fused-ring (bicyclic) bond motifs is 2. The number of hydrogen-bond acceptors (Lipinski definition) is 1. The van der Waals surface area contributed by atoms with Gasteiger partial charge in [0.1, 0.15) is 0 Å². The number of aryl methyl sites for hydroxylation is 1. The van der Waals surface area contributed by atoms with Crippen LogP contribution in [0.3, 0.4) is 0 Å². The van der Waals surface area contributed by atoms with Crippen molar-refractivity contribution in [2.45, 2.75) is 39.8 Å². The molecule has 0 aliphatic carbocycles. The Balaban J connectivity index is 2.15. The Hall–Kier alpha value is -1.83. The number of carbonyl (C=O) groups is 1. The van der Waals surface area contributed by atoms with Gasteiger partial charge in [-0.05, 0) is 56.2 Å². The molecule has 0 bridgehead atoms. The second kappa shape index (κ2) is 3.83. The minimum atomic E-state index is -0.127. The molecule has 0 unspecified atom stereocenters. The van der Waals surface area contributed by atoms with E-state index in [1.54, 1.807) is 0 Å². The first-order chi connectivity index (χ1) is 8.86. The quantitative estimate of drug-likeness (QED) is 0.697. The zero-order chi connectivity index (χ0) is 13.8. The zero-order valence-electron chi connectivity index (χ0n) is 11.9. The van der Waals surface area contributed by atoms with Gasteiger partial charge in [0.2, 0.25) is 0 Å². The fourth-order valence-electron chi connectivity index (χ4n) is 2.72. The molecule has 1 heterocycles. The van der Waals surface area contributed by atoms with Gasteiger partial charge in [0.25, 0.3) is 5.91 Å². The van der Waals surface area contributed by atoms with Crippen LogP contribution in [0.2, 0.25) is 0 Å². The number of amides is 1. The lowest BCUT2D eigenvalue weighted by Crippen LogP contribution is -2.41. The molecule has 2 nitrogen and oxygen atoms in total. The standard InChI is InChI=1S/C17H19NO/c1-11-5-6-12-9-15-14(8-13(12)7-11)10-18(16(15)19)17(2,3)4/h5-9H,10H2,1-4H3. The van der Waals surface area contributed by atoms with E-state index in [1.807, 2.05) is 11.0 Å². The van der Waals surface area contributed by atoms with Gasteiger partial charge in [0.15, 0.2) is 0 Å². The Morgan fingerprint density at radius 2 is 1.79 bits per heavy atom. The molecule has 0 saturated heterocycles. The average molecular weight is 253 g/mol. The SMILES string of the molecule is Cc1ccc2cc3c(cc2c1)CN(C(C)(C)C)C3=O. The van der Waals surface area contributed by atoms with Crippen molar-refractivity contribution in [3.8, 4) is 0 Å². The Morgan fingerprint density at radius 3 is 2.47 bits per heavy atom. The lowest BCUT2D eigenvalue weighted by Gasteiger charge is -2.31. The van der Waals surface area contributed by atoms with Gasteiger partial charge < -0.3 is 4.90 Å². The predicted molar refractivity (Wildman–Crippen MR) is 78.3 cm³/mol. The highest BCUT2D eigenvalue weighted by atomic mass is 16.2. The highest BCUT2D eigenvalue weighted by Crippen LogP contribution is 2.32. The third-order valence-corrected chi connectivity index (χ3v) is 3.83. The summed E-state index contributed by atoms with van der Waals surface area (Å²) in [4.78, 5) is 14.4. The van der Waals surface area contributed by atoms with Gasteiger partial charge >= 0.3 is 0 Å². The summed E-state index contributed by atoms with van der Waals surface area (Å²) in [5.41, 5.74) is 3.15. The van der Waals surface area contributed by atoms with Crippen LogP contribution in [0, 0.1) is 6.92 Å². The maximum absolute atomic E-state index is 12.5. The smallest absolute Gasteiger partial charge is 0.254 e. The average Bonchev–Trinajstić information content (AvgIpc) is 2.63. The Labute approximate surface area is 114 Å². The highest BCUT2D eigenvalue weighted by Gasteiger charge is 2.34. The van der Waals surface area contributed by atoms with E-state index < -0.39 is 0 Å². The van der Waals surface area contributed by atoms with Crippen LogP contribution in [-0.4, -0.2) is 16.3 Å². The summed E-state index contributed by atoms with van der Waals surface area (Å²) in [7, 11) is 0. The topological polar surface area (TPSA) is 20.3 Å². The molecule has 98 valence electrons. The van der Waals surface area contributed by atoms with Crippen molar-refractivity contribution >= 4 is 16.7 Å². The number of rotatable bonds is 0. The molecule has 2 aromatic rings. The van der Waals surface area contributed by atoms with Crippen LogP contribution in [-0.2, 0) is 6.54 Å². The van der Waals surface area contributed by atoms with Crippen molar-refractivity contribution in [3.63, 3.8) is 0 Å². The number of nitrogens with zero attached hydrogens (tertiary/aromatic N) is 1. The minimum absolute atomic E-state index is 0.127. The number of carbonyl (C=O) groups excluding carboxylic acids is 1. The molecular weight excluding hydrogens is 234 g/mol. The van der Waals surface area contributed by atoms with E-state index in [9.17, 15) is 4.79 Å². The van der Waals surface area contributed by atoms with Gasteiger partial charge in [0, 0.05) is 17.6 Å². The lowest BCUT2D eigenvalue weighted by atomic mass is 10.0. The Morgan fingerprint density at radius 1 is 1.05 bits per heavy atom. The fourth-order valence-corrected chi connectivity index (χ4v) is 2.72. The molecule has 0 N–H and O–H groups in total. The van der Waals surface area contributed by atoms with Crippen molar-refractivity contribution in [1.29, 1.82) is 0 Å². The highest BCUT2D eigenvalue weighted by molar-refractivity contribution is 6.03. The maximum atomic E-state index is 12.5. The third-order valence-electron chi connectivity index (χ3n) is 3.83. The van der Waals surface area contributed by atoms with E-state index in [0.29, 0.717) is 0 Å². The van der Waals surface area contributed by atoms with Crippen LogP contribution in [0.15, 0.2) is 30.3 Å². The van der Waals surface area contributed by atoms with Crippen molar-refractivity contribution in [1.82, 2.24) is 4.90 Å². The molecule has 1 aliphatic rings.